The van der Waals surface area contributed by atoms with E-state index >= 15 is 0 Å². The summed E-state index contributed by atoms with van der Waals surface area (Å²) in [6.45, 7) is 5.29. The maximum absolute atomic E-state index is 13.3. The molecule has 0 radical (unpaired) electrons. The van der Waals surface area contributed by atoms with E-state index in [1.165, 1.54) is 12.0 Å². The number of aliphatic hydroxyl groups excluding tert-OH is 1. The minimum absolute atomic E-state index is 0.0714. The molecular weight excluding hydrogens is 406 g/mol. The lowest BCUT2D eigenvalue weighted by Gasteiger charge is -2.30. The Labute approximate surface area is 188 Å². The fraction of sp³-hybridized carbons (Fsp3) is 0.320. The normalized spacial score (nSPS) is 17.1. The predicted molar refractivity (Wildman–Crippen MR) is 125 cm³/mol. The fourth-order valence-electron chi connectivity index (χ4n) is 3.86. The number of para-hydroxylation sites is 1. The molecule has 0 saturated carbocycles. The topological polar surface area (TPSA) is 91.2 Å². The number of aliphatic hydroxyl groups is 1. The van der Waals surface area contributed by atoms with Crippen molar-refractivity contribution >= 4 is 23.2 Å². The SMILES string of the molecule is CN=C(NC)c1ccc(N2C(=O)C(O)=C(C(=O)C(C)(C)C)C2c2ccccc2OC)cc1. The first-order chi connectivity index (χ1) is 15.1. The summed E-state index contributed by atoms with van der Waals surface area (Å²) in [6, 6.07) is 13.6. The molecule has 0 aromatic heterocycles. The smallest absolute Gasteiger partial charge is 0.294 e. The quantitative estimate of drug-likeness (QED) is 0.551. The Balaban J connectivity index is 2.19. The first-order valence-electron chi connectivity index (χ1n) is 10.3. The molecule has 1 unspecified atom stereocenters. The zero-order valence-electron chi connectivity index (χ0n) is 19.3. The highest BCUT2D eigenvalue weighted by atomic mass is 16.5. The summed E-state index contributed by atoms with van der Waals surface area (Å²) in [5.74, 6) is -0.226. The van der Waals surface area contributed by atoms with E-state index in [9.17, 15) is 14.7 Å². The summed E-state index contributed by atoms with van der Waals surface area (Å²) in [5, 5.41) is 13.9. The molecule has 7 heteroatoms. The largest absolute Gasteiger partial charge is 0.503 e. The van der Waals surface area contributed by atoms with E-state index in [-0.39, 0.29) is 11.4 Å². The molecule has 2 aromatic carbocycles. The van der Waals surface area contributed by atoms with Crippen LogP contribution in [-0.2, 0) is 9.59 Å². The standard InChI is InChI=1S/C25H29N3O4/c1-25(2,3)22(30)19-20(17-9-7-8-10-18(17)32-6)28(24(31)21(19)29)16-13-11-15(12-14-16)23(26-4)27-5/h7-14,20,29H,1-6H3,(H,26,27). The molecule has 32 heavy (non-hydrogen) atoms. The first kappa shape index (κ1) is 23.1. The highest BCUT2D eigenvalue weighted by Gasteiger charge is 2.47. The molecule has 1 aliphatic rings. The van der Waals surface area contributed by atoms with Gasteiger partial charge in [-0.1, -0.05) is 39.0 Å². The van der Waals surface area contributed by atoms with E-state index in [1.807, 2.05) is 24.3 Å². The number of amides is 1. The molecule has 7 nitrogen and oxygen atoms in total. The molecule has 3 rings (SSSR count). The van der Waals surface area contributed by atoms with Crippen molar-refractivity contribution < 1.29 is 19.4 Å². The molecule has 0 spiro atoms. The van der Waals surface area contributed by atoms with Crippen LogP contribution in [0.4, 0.5) is 5.69 Å². The molecule has 0 bridgehead atoms. The minimum Gasteiger partial charge on any atom is -0.503 e. The number of amidine groups is 1. The Morgan fingerprint density at radius 2 is 1.75 bits per heavy atom. The van der Waals surface area contributed by atoms with Crippen LogP contribution in [0.1, 0.15) is 37.9 Å². The number of methoxy groups -OCH3 is 1. The number of ether oxygens (including phenoxy) is 1. The number of anilines is 1. The monoisotopic (exact) mass is 435 g/mol. The number of hydrogen-bond acceptors (Lipinski definition) is 5. The highest BCUT2D eigenvalue weighted by molar-refractivity contribution is 6.17. The van der Waals surface area contributed by atoms with Gasteiger partial charge in [0.25, 0.3) is 5.91 Å². The summed E-state index contributed by atoms with van der Waals surface area (Å²) >= 11 is 0. The van der Waals surface area contributed by atoms with E-state index < -0.39 is 23.1 Å². The number of carbonyl (C=O) groups is 2. The molecule has 168 valence electrons. The van der Waals surface area contributed by atoms with Gasteiger partial charge in [-0.3, -0.25) is 19.5 Å². The summed E-state index contributed by atoms with van der Waals surface area (Å²) < 4.78 is 5.53. The first-order valence-corrected chi connectivity index (χ1v) is 10.3. The van der Waals surface area contributed by atoms with Gasteiger partial charge in [-0.05, 0) is 30.3 Å². The van der Waals surface area contributed by atoms with Gasteiger partial charge in [0.2, 0.25) is 0 Å². The van der Waals surface area contributed by atoms with Crippen LogP contribution in [0.25, 0.3) is 0 Å². The van der Waals surface area contributed by atoms with Gasteiger partial charge in [0.1, 0.15) is 11.6 Å². The maximum Gasteiger partial charge on any atom is 0.294 e. The second-order valence-electron chi connectivity index (χ2n) is 8.53. The Hall–Kier alpha value is -3.61. The molecule has 1 aliphatic heterocycles. The Kier molecular flexibility index (Phi) is 6.39. The van der Waals surface area contributed by atoms with Gasteiger partial charge in [-0.25, -0.2) is 0 Å². The molecule has 0 fully saturated rings. The fourth-order valence-corrected chi connectivity index (χ4v) is 3.86. The van der Waals surface area contributed by atoms with E-state index in [2.05, 4.69) is 10.3 Å². The zero-order valence-corrected chi connectivity index (χ0v) is 19.3. The van der Waals surface area contributed by atoms with Crippen molar-refractivity contribution in [3.63, 3.8) is 0 Å². The molecule has 2 aromatic rings. The van der Waals surface area contributed by atoms with Gasteiger partial charge < -0.3 is 15.2 Å². The number of ketones is 1. The molecule has 0 aliphatic carbocycles. The van der Waals surface area contributed by atoms with Crippen LogP contribution >= 0.6 is 0 Å². The minimum atomic E-state index is -0.820. The molecule has 1 amide bonds. The second kappa shape index (κ2) is 8.86. The van der Waals surface area contributed by atoms with Gasteiger partial charge in [-0.15, -0.1) is 0 Å². The van der Waals surface area contributed by atoms with Crippen LogP contribution in [0.2, 0.25) is 0 Å². The van der Waals surface area contributed by atoms with E-state index in [4.69, 9.17) is 4.74 Å². The lowest BCUT2D eigenvalue weighted by atomic mass is 9.82. The van der Waals surface area contributed by atoms with Crippen molar-refractivity contribution in [1.82, 2.24) is 5.32 Å². The van der Waals surface area contributed by atoms with Crippen molar-refractivity contribution in [2.24, 2.45) is 10.4 Å². The number of rotatable bonds is 5. The third kappa shape index (κ3) is 3.98. The van der Waals surface area contributed by atoms with Crippen molar-refractivity contribution in [2.45, 2.75) is 26.8 Å². The van der Waals surface area contributed by atoms with E-state index in [0.717, 1.165) is 5.56 Å². The van der Waals surface area contributed by atoms with Gasteiger partial charge >= 0.3 is 0 Å². The number of carbonyl (C=O) groups excluding carboxylic acids is 2. The maximum atomic E-state index is 13.3. The highest BCUT2D eigenvalue weighted by Crippen LogP contribution is 2.45. The van der Waals surface area contributed by atoms with Crippen LogP contribution in [-0.4, -0.2) is 43.8 Å². The zero-order chi connectivity index (χ0) is 23.6. The lowest BCUT2D eigenvalue weighted by Crippen LogP contribution is -2.33. The Morgan fingerprint density at radius 1 is 1.12 bits per heavy atom. The number of benzene rings is 2. The van der Waals surface area contributed by atoms with E-state index in [0.29, 0.717) is 22.8 Å². The van der Waals surface area contributed by atoms with Gasteiger partial charge in [-0.2, -0.15) is 0 Å². The van der Waals surface area contributed by atoms with Gasteiger partial charge in [0.05, 0.1) is 18.7 Å². The van der Waals surface area contributed by atoms with Crippen LogP contribution in [0.15, 0.2) is 64.9 Å². The van der Waals surface area contributed by atoms with Crippen LogP contribution in [0.5, 0.6) is 5.75 Å². The van der Waals surface area contributed by atoms with Crippen LogP contribution in [0.3, 0.4) is 0 Å². The van der Waals surface area contributed by atoms with Crippen molar-refractivity contribution in [1.29, 1.82) is 0 Å². The third-order valence-electron chi connectivity index (χ3n) is 5.45. The summed E-state index contributed by atoms with van der Waals surface area (Å²) in [4.78, 5) is 32.2. The summed E-state index contributed by atoms with van der Waals surface area (Å²) in [6.07, 6.45) is 0. The van der Waals surface area contributed by atoms with Crippen molar-refractivity contribution in [3.05, 3.63) is 71.0 Å². The second-order valence-corrected chi connectivity index (χ2v) is 8.53. The Morgan fingerprint density at radius 3 is 2.28 bits per heavy atom. The average molecular weight is 436 g/mol. The number of aliphatic imine (C=N–C) groups is 1. The molecule has 0 saturated heterocycles. The van der Waals surface area contributed by atoms with E-state index in [1.54, 1.807) is 59.1 Å². The van der Waals surface area contributed by atoms with Crippen molar-refractivity contribution in [3.8, 4) is 5.75 Å². The number of nitrogens with zero attached hydrogens (tertiary/aromatic N) is 2. The van der Waals surface area contributed by atoms with Gasteiger partial charge in [0.15, 0.2) is 11.5 Å². The molecule has 2 N–H and O–H groups in total. The number of hydrogen-bond donors (Lipinski definition) is 2. The predicted octanol–water partition coefficient (Wildman–Crippen LogP) is 3.81. The Bertz CT molecular complexity index is 1090. The van der Waals surface area contributed by atoms with Gasteiger partial charge in [0, 0.05) is 36.3 Å². The summed E-state index contributed by atoms with van der Waals surface area (Å²) in [7, 11) is 5.00. The molecule has 1 atom stereocenters. The average Bonchev–Trinajstić information content (AvgIpc) is 3.04. The van der Waals surface area contributed by atoms with Crippen LogP contribution in [0, 0.1) is 5.41 Å². The number of nitrogens with one attached hydrogen (secondary N) is 1. The molecule has 1 heterocycles. The third-order valence-corrected chi connectivity index (χ3v) is 5.45. The molecular formula is C25H29N3O4. The lowest BCUT2D eigenvalue weighted by molar-refractivity contribution is -0.123. The summed E-state index contributed by atoms with van der Waals surface area (Å²) in [5.41, 5.74) is 1.30. The van der Waals surface area contributed by atoms with Crippen LogP contribution < -0.4 is 15.0 Å². The van der Waals surface area contributed by atoms with Crippen molar-refractivity contribution in [2.75, 3.05) is 26.1 Å². The number of Topliss-reactive ketones (excluding diaryl/α,β-unsaturated/α-hetero) is 1.